The lowest BCUT2D eigenvalue weighted by Gasteiger charge is -2.48. The second-order valence-electron chi connectivity index (χ2n) is 4.75. The normalized spacial score (nSPS) is 18.7. The van der Waals surface area contributed by atoms with Crippen molar-refractivity contribution in [3.05, 3.63) is 0 Å². The van der Waals surface area contributed by atoms with E-state index in [-0.39, 0.29) is 18.4 Å². The van der Waals surface area contributed by atoms with E-state index < -0.39 is 17.6 Å². The maximum atomic E-state index is 11.8. The number of carboxylic acid groups (broad SMARTS) is 1. The molecule has 1 aliphatic rings. The molecule has 0 bridgehead atoms. The van der Waals surface area contributed by atoms with Crippen LogP contribution in [0.15, 0.2) is 0 Å². The van der Waals surface area contributed by atoms with E-state index in [1.165, 1.54) is 11.8 Å². The SMILES string of the molecule is CC(=O)NC(C)C(=O)N1CC(C)(OCC(=O)O)C1. The van der Waals surface area contributed by atoms with Crippen molar-refractivity contribution < 1.29 is 24.2 Å². The van der Waals surface area contributed by atoms with E-state index in [2.05, 4.69) is 5.32 Å². The molecule has 1 atom stereocenters. The summed E-state index contributed by atoms with van der Waals surface area (Å²) in [6.45, 7) is 5.01. The molecule has 1 saturated heterocycles. The molecule has 1 unspecified atom stereocenters. The van der Waals surface area contributed by atoms with E-state index in [9.17, 15) is 14.4 Å². The van der Waals surface area contributed by atoms with Gasteiger partial charge in [0.15, 0.2) is 0 Å². The molecule has 7 heteroatoms. The molecule has 2 N–H and O–H groups in total. The van der Waals surface area contributed by atoms with Crippen LogP contribution in [0.2, 0.25) is 0 Å². The van der Waals surface area contributed by atoms with E-state index in [4.69, 9.17) is 9.84 Å². The number of carbonyl (C=O) groups excluding carboxylic acids is 2. The summed E-state index contributed by atoms with van der Waals surface area (Å²) in [5, 5.41) is 11.0. The molecular weight excluding hydrogens is 240 g/mol. The summed E-state index contributed by atoms with van der Waals surface area (Å²) in [6, 6.07) is -0.577. The summed E-state index contributed by atoms with van der Waals surface area (Å²) in [5.74, 6) is -1.49. The molecule has 0 aromatic rings. The van der Waals surface area contributed by atoms with Crippen LogP contribution in [0.3, 0.4) is 0 Å². The zero-order valence-corrected chi connectivity index (χ0v) is 10.7. The smallest absolute Gasteiger partial charge is 0.329 e. The number of rotatable bonds is 5. The first kappa shape index (κ1) is 14.4. The molecule has 1 heterocycles. The highest BCUT2D eigenvalue weighted by Crippen LogP contribution is 2.25. The Kier molecular flexibility index (Phi) is 4.28. The van der Waals surface area contributed by atoms with Crippen molar-refractivity contribution >= 4 is 17.8 Å². The van der Waals surface area contributed by atoms with Crippen LogP contribution in [0.1, 0.15) is 20.8 Å². The first-order valence-corrected chi connectivity index (χ1v) is 5.65. The fraction of sp³-hybridized carbons (Fsp3) is 0.727. The number of carboxylic acids is 1. The lowest BCUT2D eigenvalue weighted by Crippen LogP contribution is -2.66. The number of aliphatic carboxylic acids is 1. The molecule has 0 spiro atoms. The third-order valence-electron chi connectivity index (χ3n) is 2.70. The second-order valence-corrected chi connectivity index (χ2v) is 4.75. The van der Waals surface area contributed by atoms with Crippen molar-refractivity contribution in [3.63, 3.8) is 0 Å². The molecule has 1 fully saturated rings. The maximum absolute atomic E-state index is 11.8. The average molecular weight is 258 g/mol. The summed E-state index contributed by atoms with van der Waals surface area (Å²) < 4.78 is 5.19. The number of carbonyl (C=O) groups is 3. The van der Waals surface area contributed by atoms with Gasteiger partial charge < -0.3 is 20.1 Å². The van der Waals surface area contributed by atoms with Crippen molar-refractivity contribution in [1.29, 1.82) is 0 Å². The van der Waals surface area contributed by atoms with E-state index in [0.717, 1.165) is 0 Å². The van der Waals surface area contributed by atoms with Crippen LogP contribution in [-0.4, -0.2) is 59.1 Å². The van der Waals surface area contributed by atoms with Crippen LogP contribution >= 0.6 is 0 Å². The molecular formula is C11H18N2O5. The van der Waals surface area contributed by atoms with Gasteiger partial charge in [-0.2, -0.15) is 0 Å². The first-order valence-electron chi connectivity index (χ1n) is 5.65. The Morgan fingerprint density at radius 1 is 1.44 bits per heavy atom. The molecule has 7 nitrogen and oxygen atoms in total. The zero-order valence-electron chi connectivity index (χ0n) is 10.7. The van der Waals surface area contributed by atoms with Gasteiger partial charge in [0.05, 0.1) is 13.1 Å². The molecule has 18 heavy (non-hydrogen) atoms. The van der Waals surface area contributed by atoms with Gasteiger partial charge in [-0.25, -0.2) is 4.79 Å². The van der Waals surface area contributed by atoms with Crippen LogP contribution in [0, 0.1) is 0 Å². The van der Waals surface area contributed by atoms with E-state index in [1.54, 1.807) is 13.8 Å². The number of hydrogen-bond donors (Lipinski definition) is 2. The topological polar surface area (TPSA) is 95.9 Å². The molecule has 1 rings (SSSR count). The van der Waals surface area contributed by atoms with Gasteiger partial charge in [0.2, 0.25) is 11.8 Å². The summed E-state index contributed by atoms with van der Waals surface area (Å²) in [6.07, 6.45) is 0. The van der Waals surface area contributed by atoms with Crippen LogP contribution in [0.25, 0.3) is 0 Å². The Labute approximate surface area is 105 Å². The molecule has 0 radical (unpaired) electrons. The molecule has 1 aliphatic heterocycles. The summed E-state index contributed by atoms with van der Waals surface area (Å²) in [7, 11) is 0. The number of ether oxygens (including phenoxy) is 1. The Balaban J connectivity index is 2.38. The lowest BCUT2D eigenvalue weighted by molar-refractivity contribution is -0.174. The molecule has 102 valence electrons. The fourth-order valence-corrected chi connectivity index (χ4v) is 1.88. The molecule has 0 aromatic heterocycles. The van der Waals surface area contributed by atoms with Gasteiger partial charge in [0.1, 0.15) is 18.2 Å². The minimum Gasteiger partial charge on any atom is -0.480 e. The maximum Gasteiger partial charge on any atom is 0.329 e. The number of nitrogens with one attached hydrogen (secondary N) is 1. The second kappa shape index (κ2) is 5.34. The van der Waals surface area contributed by atoms with Crippen LogP contribution in [0.4, 0.5) is 0 Å². The molecule has 0 aliphatic carbocycles. The Morgan fingerprint density at radius 3 is 2.44 bits per heavy atom. The van der Waals surface area contributed by atoms with E-state index >= 15 is 0 Å². The first-order chi connectivity index (χ1) is 8.23. The number of amides is 2. The van der Waals surface area contributed by atoms with Gasteiger partial charge in [-0.3, -0.25) is 9.59 Å². The minimum absolute atomic E-state index is 0.193. The predicted molar refractivity (Wildman–Crippen MR) is 61.9 cm³/mol. The van der Waals surface area contributed by atoms with Crippen molar-refractivity contribution in [2.24, 2.45) is 0 Å². The zero-order chi connectivity index (χ0) is 13.9. The minimum atomic E-state index is -1.03. The van der Waals surface area contributed by atoms with Crippen LogP contribution in [0.5, 0.6) is 0 Å². The van der Waals surface area contributed by atoms with E-state index in [0.29, 0.717) is 13.1 Å². The van der Waals surface area contributed by atoms with Gasteiger partial charge in [-0.05, 0) is 13.8 Å². The van der Waals surface area contributed by atoms with Crippen LogP contribution < -0.4 is 5.32 Å². The lowest BCUT2D eigenvalue weighted by atomic mass is 9.95. The molecule has 0 aromatic carbocycles. The Bertz CT molecular complexity index is 362. The van der Waals surface area contributed by atoms with Crippen molar-refractivity contribution in [3.8, 4) is 0 Å². The number of likely N-dealkylation sites (tertiary alicyclic amines) is 1. The van der Waals surface area contributed by atoms with Crippen molar-refractivity contribution in [1.82, 2.24) is 10.2 Å². The van der Waals surface area contributed by atoms with Gasteiger partial charge in [0.25, 0.3) is 0 Å². The van der Waals surface area contributed by atoms with Gasteiger partial charge >= 0.3 is 5.97 Å². The largest absolute Gasteiger partial charge is 0.480 e. The number of hydrogen-bond acceptors (Lipinski definition) is 4. The Morgan fingerprint density at radius 2 is 2.00 bits per heavy atom. The number of nitrogens with zero attached hydrogens (tertiary/aromatic N) is 1. The third kappa shape index (κ3) is 3.69. The quantitative estimate of drug-likeness (QED) is 0.674. The fourth-order valence-electron chi connectivity index (χ4n) is 1.88. The van der Waals surface area contributed by atoms with Crippen LogP contribution in [-0.2, 0) is 19.1 Å². The highest BCUT2D eigenvalue weighted by molar-refractivity contribution is 5.87. The van der Waals surface area contributed by atoms with Gasteiger partial charge in [0, 0.05) is 6.92 Å². The van der Waals surface area contributed by atoms with Gasteiger partial charge in [-0.1, -0.05) is 0 Å². The van der Waals surface area contributed by atoms with E-state index in [1.807, 2.05) is 0 Å². The van der Waals surface area contributed by atoms with Crippen molar-refractivity contribution in [2.45, 2.75) is 32.4 Å². The third-order valence-corrected chi connectivity index (χ3v) is 2.70. The predicted octanol–water partition coefficient (Wildman–Crippen LogP) is -0.787. The summed E-state index contributed by atoms with van der Waals surface area (Å²) >= 11 is 0. The molecule has 0 saturated carbocycles. The molecule has 2 amide bonds. The Hall–Kier alpha value is -1.63. The standard InChI is InChI=1S/C11H18N2O5/c1-7(12-8(2)14)10(17)13-5-11(3,6-13)18-4-9(15)16/h7H,4-6H2,1-3H3,(H,12,14)(H,15,16). The highest BCUT2D eigenvalue weighted by atomic mass is 16.5. The van der Waals surface area contributed by atoms with Crippen molar-refractivity contribution in [2.75, 3.05) is 19.7 Å². The van der Waals surface area contributed by atoms with Gasteiger partial charge in [-0.15, -0.1) is 0 Å². The highest BCUT2D eigenvalue weighted by Gasteiger charge is 2.43. The average Bonchev–Trinajstić information content (AvgIpc) is 2.20. The monoisotopic (exact) mass is 258 g/mol. The summed E-state index contributed by atoms with van der Waals surface area (Å²) in [4.78, 5) is 34.6. The summed E-state index contributed by atoms with van der Waals surface area (Å²) in [5.41, 5.74) is -0.607.